The van der Waals surface area contributed by atoms with Crippen LogP contribution >= 0.6 is 11.3 Å². The van der Waals surface area contributed by atoms with Gasteiger partial charge in [0.05, 0.1) is 23.6 Å². The number of rotatable bonds is 5. The Balaban J connectivity index is 1.52. The SMILES string of the molecule is Cc1nc(CN(C)C(=O)NCc2ccc(-n3ccnc3)cc2)cs1. The lowest BCUT2D eigenvalue weighted by Gasteiger charge is -2.17. The Labute approximate surface area is 144 Å². The lowest BCUT2D eigenvalue weighted by atomic mass is 10.2. The van der Waals surface area contributed by atoms with Crippen molar-refractivity contribution in [2.45, 2.75) is 20.0 Å². The lowest BCUT2D eigenvalue weighted by Crippen LogP contribution is -2.36. The fourth-order valence-corrected chi connectivity index (χ4v) is 2.91. The predicted octanol–water partition coefficient (Wildman–Crippen LogP) is 2.98. The first kappa shape index (κ1) is 16.2. The second-order valence-corrected chi connectivity index (χ2v) is 6.57. The number of urea groups is 1. The summed E-state index contributed by atoms with van der Waals surface area (Å²) >= 11 is 1.59. The largest absolute Gasteiger partial charge is 0.334 e. The summed E-state index contributed by atoms with van der Waals surface area (Å²) in [6, 6.07) is 7.90. The molecule has 24 heavy (non-hydrogen) atoms. The molecular formula is C17H19N5OS. The molecule has 0 atom stereocenters. The zero-order chi connectivity index (χ0) is 16.9. The Morgan fingerprint density at radius 2 is 2.12 bits per heavy atom. The van der Waals surface area contributed by atoms with Gasteiger partial charge in [-0.3, -0.25) is 0 Å². The van der Waals surface area contributed by atoms with Gasteiger partial charge >= 0.3 is 6.03 Å². The lowest BCUT2D eigenvalue weighted by molar-refractivity contribution is 0.206. The van der Waals surface area contributed by atoms with E-state index in [1.807, 2.05) is 47.3 Å². The van der Waals surface area contributed by atoms with E-state index in [1.165, 1.54) is 0 Å². The maximum Gasteiger partial charge on any atom is 0.317 e. The van der Waals surface area contributed by atoms with E-state index < -0.39 is 0 Å². The molecular weight excluding hydrogens is 322 g/mol. The van der Waals surface area contributed by atoms with Gasteiger partial charge in [0.15, 0.2) is 0 Å². The Bertz CT molecular complexity index is 795. The summed E-state index contributed by atoms with van der Waals surface area (Å²) in [7, 11) is 1.77. The summed E-state index contributed by atoms with van der Waals surface area (Å²) in [4.78, 5) is 22.2. The molecule has 2 heterocycles. The van der Waals surface area contributed by atoms with Gasteiger partial charge in [-0.2, -0.15) is 0 Å². The van der Waals surface area contributed by atoms with E-state index in [0.29, 0.717) is 13.1 Å². The van der Waals surface area contributed by atoms with Crippen molar-refractivity contribution in [3.8, 4) is 5.69 Å². The first-order chi connectivity index (χ1) is 11.6. The van der Waals surface area contributed by atoms with Gasteiger partial charge in [-0.1, -0.05) is 12.1 Å². The molecule has 2 aromatic heterocycles. The Morgan fingerprint density at radius 3 is 2.75 bits per heavy atom. The van der Waals surface area contributed by atoms with Crippen LogP contribution in [0.25, 0.3) is 5.69 Å². The zero-order valence-electron chi connectivity index (χ0n) is 13.6. The molecule has 0 saturated carbocycles. The van der Waals surface area contributed by atoms with Crippen molar-refractivity contribution >= 4 is 17.4 Å². The van der Waals surface area contributed by atoms with Crippen molar-refractivity contribution in [2.24, 2.45) is 0 Å². The van der Waals surface area contributed by atoms with Crippen LogP contribution in [-0.2, 0) is 13.1 Å². The second kappa shape index (κ2) is 7.27. The number of amides is 2. The summed E-state index contributed by atoms with van der Waals surface area (Å²) in [6.07, 6.45) is 5.39. The highest BCUT2D eigenvalue weighted by Crippen LogP contribution is 2.11. The number of imidazole rings is 1. The highest BCUT2D eigenvalue weighted by atomic mass is 32.1. The third kappa shape index (κ3) is 3.99. The Morgan fingerprint density at radius 1 is 1.33 bits per heavy atom. The first-order valence-electron chi connectivity index (χ1n) is 7.59. The molecule has 3 rings (SSSR count). The zero-order valence-corrected chi connectivity index (χ0v) is 14.5. The van der Waals surface area contributed by atoms with Crippen LogP contribution in [0.1, 0.15) is 16.3 Å². The maximum absolute atomic E-state index is 12.2. The highest BCUT2D eigenvalue weighted by Gasteiger charge is 2.10. The van der Waals surface area contributed by atoms with E-state index in [-0.39, 0.29) is 6.03 Å². The van der Waals surface area contributed by atoms with Crippen LogP contribution in [0.15, 0.2) is 48.4 Å². The van der Waals surface area contributed by atoms with Crippen molar-refractivity contribution in [3.05, 3.63) is 64.6 Å². The third-order valence-corrected chi connectivity index (χ3v) is 4.42. The quantitative estimate of drug-likeness (QED) is 0.776. The van der Waals surface area contributed by atoms with Gasteiger partial charge in [0.25, 0.3) is 0 Å². The van der Waals surface area contributed by atoms with E-state index in [2.05, 4.69) is 15.3 Å². The minimum absolute atomic E-state index is 0.112. The molecule has 3 aromatic rings. The van der Waals surface area contributed by atoms with Crippen LogP contribution in [0, 0.1) is 6.92 Å². The molecule has 0 radical (unpaired) electrons. The monoisotopic (exact) mass is 341 g/mol. The van der Waals surface area contributed by atoms with E-state index in [1.54, 1.807) is 35.8 Å². The minimum Gasteiger partial charge on any atom is -0.334 e. The van der Waals surface area contributed by atoms with Gasteiger partial charge in [-0.15, -0.1) is 11.3 Å². The fourth-order valence-electron chi connectivity index (χ4n) is 2.31. The number of hydrogen-bond acceptors (Lipinski definition) is 4. The van der Waals surface area contributed by atoms with Gasteiger partial charge in [0.2, 0.25) is 0 Å². The smallest absolute Gasteiger partial charge is 0.317 e. The number of aromatic nitrogens is 3. The number of carbonyl (C=O) groups is 1. The molecule has 0 aliphatic heterocycles. The molecule has 0 saturated heterocycles. The number of hydrogen-bond donors (Lipinski definition) is 1. The third-order valence-electron chi connectivity index (χ3n) is 3.60. The number of carbonyl (C=O) groups excluding carboxylic acids is 1. The van der Waals surface area contributed by atoms with Gasteiger partial charge in [0.1, 0.15) is 0 Å². The summed E-state index contributed by atoms with van der Waals surface area (Å²) in [5.41, 5.74) is 3.00. The summed E-state index contributed by atoms with van der Waals surface area (Å²) in [5.74, 6) is 0. The van der Waals surface area contributed by atoms with Crippen LogP contribution in [0.2, 0.25) is 0 Å². The topological polar surface area (TPSA) is 63.1 Å². The molecule has 2 amide bonds. The van der Waals surface area contributed by atoms with Crippen LogP contribution in [0.4, 0.5) is 4.79 Å². The first-order valence-corrected chi connectivity index (χ1v) is 8.47. The normalized spacial score (nSPS) is 10.6. The number of thiazole rings is 1. The van der Waals surface area contributed by atoms with E-state index >= 15 is 0 Å². The fraction of sp³-hybridized carbons (Fsp3) is 0.235. The average Bonchev–Trinajstić information content (AvgIpc) is 3.25. The van der Waals surface area contributed by atoms with Gasteiger partial charge in [-0.25, -0.2) is 14.8 Å². The van der Waals surface area contributed by atoms with Crippen molar-refractivity contribution in [3.63, 3.8) is 0 Å². The molecule has 0 fully saturated rings. The van der Waals surface area contributed by atoms with Crippen LogP contribution in [0.5, 0.6) is 0 Å². The van der Waals surface area contributed by atoms with Crippen molar-refractivity contribution in [1.29, 1.82) is 0 Å². The molecule has 6 nitrogen and oxygen atoms in total. The van der Waals surface area contributed by atoms with Gasteiger partial charge in [-0.05, 0) is 24.6 Å². The number of nitrogens with one attached hydrogen (secondary N) is 1. The average molecular weight is 341 g/mol. The predicted molar refractivity (Wildman–Crippen MR) is 94.1 cm³/mol. The highest BCUT2D eigenvalue weighted by molar-refractivity contribution is 7.09. The van der Waals surface area contributed by atoms with Crippen molar-refractivity contribution in [2.75, 3.05) is 7.05 Å². The van der Waals surface area contributed by atoms with Crippen LogP contribution in [0.3, 0.4) is 0 Å². The Kier molecular flexibility index (Phi) is 4.90. The second-order valence-electron chi connectivity index (χ2n) is 5.51. The molecule has 124 valence electrons. The van der Waals surface area contributed by atoms with Gasteiger partial charge < -0.3 is 14.8 Å². The number of benzene rings is 1. The van der Waals surface area contributed by atoms with E-state index in [4.69, 9.17) is 0 Å². The summed E-state index contributed by atoms with van der Waals surface area (Å²) < 4.78 is 1.94. The van der Waals surface area contributed by atoms with Gasteiger partial charge in [0, 0.05) is 37.1 Å². The molecule has 0 aliphatic carbocycles. The van der Waals surface area contributed by atoms with Crippen LogP contribution in [-0.4, -0.2) is 32.5 Å². The van der Waals surface area contributed by atoms with Crippen LogP contribution < -0.4 is 5.32 Å². The molecule has 1 N–H and O–H groups in total. The number of aryl methyl sites for hydroxylation is 1. The summed E-state index contributed by atoms with van der Waals surface area (Å²) in [6.45, 7) is 2.96. The standard InChI is InChI=1S/C17H19N5OS/c1-13-20-15(11-24-13)10-21(2)17(23)19-9-14-3-5-16(6-4-14)22-8-7-18-12-22/h3-8,11-12H,9-10H2,1-2H3,(H,19,23). The molecule has 7 heteroatoms. The molecule has 0 aliphatic rings. The van der Waals surface area contributed by atoms with E-state index in [9.17, 15) is 4.79 Å². The van der Waals surface area contributed by atoms with Crippen molar-refractivity contribution < 1.29 is 4.79 Å². The Hall–Kier alpha value is -2.67. The number of nitrogens with zero attached hydrogens (tertiary/aromatic N) is 4. The van der Waals surface area contributed by atoms with Crippen molar-refractivity contribution in [1.82, 2.24) is 24.8 Å². The molecule has 0 bridgehead atoms. The minimum atomic E-state index is -0.112. The summed E-state index contributed by atoms with van der Waals surface area (Å²) in [5, 5.41) is 5.91. The maximum atomic E-state index is 12.2. The molecule has 1 aromatic carbocycles. The molecule has 0 unspecified atom stereocenters. The molecule has 0 spiro atoms. The van der Waals surface area contributed by atoms with E-state index in [0.717, 1.165) is 22.0 Å².